The van der Waals surface area contributed by atoms with Crippen LogP contribution in [0.5, 0.6) is 0 Å². The number of hydrazine groups is 1. The summed E-state index contributed by atoms with van der Waals surface area (Å²) in [5, 5.41) is 12.4. The van der Waals surface area contributed by atoms with Crippen molar-refractivity contribution >= 4 is 17.0 Å². The van der Waals surface area contributed by atoms with E-state index in [0.29, 0.717) is 12.1 Å². The fourth-order valence-corrected chi connectivity index (χ4v) is 4.11. The highest BCUT2D eigenvalue weighted by Gasteiger charge is 2.23. The third-order valence-electron chi connectivity index (χ3n) is 5.60. The Morgan fingerprint density at radius 1 is 1.18 bits per heavy atom. The summed E-state index contributed by atoms with van der Waals surface area (Å²) in [7, 11) is 1.96. The minimum absolute atomic E-state index is 0.415. The fourth-order valence-electron chi connectivity index (χ4n) is 4.11. The molecule has 1 aromatic carbocycles. The number of ether oxygens (including phenoxy) is 1. The maximum atomic E-state index is 12.0. The van der Waals surface area contributed by atoms with Gasteiger partial charge in [-0.25, -0.2) is 14.8 Å². The smallest absolute Gasteiger partial charge is 0.422 e. The Labute approximate surface area is 194 Å². The van der Waals surface area contributed by atoms with Gasteiger partial charge in [0.25, 0.3) is 0 Å². The van der Waals surface area contributed by atoms with Crippen LogP contribution in [0.25, 0.3) is 10.9 Å². The number of piperazine rings is 1. The van der Waals surface area contributed by atoms with E-state index in [1.54, 1.807) is 6.33 Å². The molecule has 9 heteroatoms. The average Bonchev–Trinajstić information content (AvgIpc) is 3.31. The summed E-state index contributed by atoms with van der Waals surface area (Å²) in [5.74, 6) is 0. The largest absolute Gasteiger partial charge is 0.443 e. The number of imidazole rings is 1. The van der Waals surface area contributed by atoms with Crippen LogP contribution in [0.3, 0.4) is 0 Å². The van der Waals surface area contributed by atoms with Gasteiger partial charge in [0.15, 0.2) is 0 Å². The Kier molecular flexibility index (Phi) is 6.40. The molecule has 0 bridgehead atoms. The maximum absolute atomic E-state index is 12.0. The second-order valence-corrected chi connectivity index (χ2v) is 9.53. The zero-order valence-electron chi connectivity index (χ0n) is 19.7. The first-order chi connectivity index (χ1) is 15.7. The van der Waals surface area contributed by atoms with Gasteiger partial charge in [-0.05, 0) is 38.5 Å². The van der Waals surface area contributed by atoms with Crippen LogP contribution < -0.4 is 5.43 Å². The number of rotatable bonds is 5. The molecule has 0 aliphatic carbocycles. The van der Waals surface area contributed by atoms with E-state index >= 15 is 0 Å². The molecule has 0 spiro atoms. The molecule has 4 rings (SSSR count). The SMILES string of the molecule is Cn1cnc(Cn2cc(CN3CCN(NC(=O)OC(C)(C)C)CC3)c3ccc(C#N)cc32)c1. The van der Waals surface area contributed by atoms with Crippen LogP contribution in [0.4, 0.5) is 4.79 Å². The minimum atomic E-state index is -0.513. The van der Waals surface area contributed by atoms with Crippen molar-refractivity contribution in [2.24, 2.45) is 7.05 Å². The lowest BCUT2D eigenvalue weighted by molar-refractivity contribution is 0.0214. The van der Waals surface area contributed by atoms with Gasteiger partial charge in [0.1, 0.15) is 5.60 Å². The number of nitrogens with one attached hydrogen (secondary N) is 1. The highest BCUT2D eigenvalue weighted by atomic mass is 16.6. The van der Waals surface area contributed by atoms with Gasteiger partial charge < -0.3 is 13.9 Å². The fraction of sp³-hybridized carbons (Fsp3) is 0.458. The highest BCUT2D eigenvalue weighted by Crippen LogP contribution is 2.25. The zero-order chi connectivity index (χ0) is 23.6. The van der Waals surface area contributed by atoms with E-state index in [4.69, 9.17) is 4.74 Å². The molecule has 1 aliphatic heterocycles. The number of amides is 1. The summed E-state index contributed by atoms with van der Waals surface area (Å²) in [4.78, 5) is 18.9. The molecule has 3 aromatic rings. The minimum Gasteiger partial charge on any atom is -0.443 e. The Hall–Kier alpha value is -3.35. The van der Waals surface area contributed by atoms with Crippen molar-refractivity contribution in [1.82, 2.24) is 29.5 Å². The predicted octanol–water partition coefficient (Wildman–Crippen LogP) is 2.85. The van der Waals surface area contributed by atoms with Crippen molar-refractivity contribution in [2.45, 2.75) is 39.5 Å². The van der Waals surface area contributed by atoms with E-state index < -0.39 is 11.7 Å². The van der Waals surface area contributed by atoms with E-state index in [1.165, 1.54) is 5.56 Å². The summed E-state index contributed by atoms with van der Waals surface area (Å²) >= 11 is 0. The van der Waals surface area contributed by atoms with Crippen molar-refractivity contribution in [3.8, 4) is 6.07 Å². The molecule has 2 aromatic heterocycles. The monoisotopic (exact) mass is 449 g/mol. The molecular formula is C24H31N7O2. The molecule has 1 fully saturated rings. The second kappa shape index (κ2) is 9.25. The lowest BCUT2D eigenvalue weighted by Crippen LogP contribution is -2.54. The first-order valence-corrected chi connectivity index (χ1v) is 11.2. The van der Waals surface area contributed by atoms with E-state index in [9.17, 15) is 10.1 Å². The van der Waals surface area contributed by atoms with Crippen molar-refractivity contribution in [2.75, 3.05) is 26.2 Å². The summed E-state index contributed by atoms with van der Waals surface area (Å²) in [6, 6.07) is 8.11. The number of benzene rings is 1. The number of fused-ring (bicyclic) bond motifs is 1. The molecule has 0 unspecified atom stereocenters. The number of aryl methyl sites for hydroxylation is 1. The van der Waals surface area contributed by atoms with Gasteiger partial charge in [-0.1, -0.05) is 6.07 Å². The summed E-state index contributed by atoms with van der Waals surface area (Å²) < 4.78 is 9.46. The molecule has 3 heterocycles. The number of carbonyl (C=O) groups is 1. The summed E-state index contributed by atoms with van der Waals surface area (Å²) in [6.45, 7) is 10.1. The first-order valence-electron chi connectivity index (χ1n) is 11.2. The van der Waals surface area contributed by atoms with E-state index in [1.807, 2.05) is 61.8 Å². The van der Waals surface area contributed by atoms with Gasteiger partial charge in [0.2, 0.25) is 0 Å². The van der Waals surface area contributed by atoms with Crippen molar-refractivity contribution in [3.63, 3.8) is 0 Å². The number of nitrogens with zero attached hydrogens (tertiary/aromatic N) is 6. The Balaban J connectivity index is 1.45. The molecular weight excluding hydrogens is 418 g/mol. The van der Waals surface area contributed by atoms with Crippen molar-refractivity contribution < 1.29 is 9.53 Å². The van der Waals surface area contributed by atoms with Crippen LogP contribution >= 0.6 is 0 Å². The van der Waals surface area contributed by atoms with Crippen LogP contribution in [0, 0.1) is 11.3 Å². The zero-order valence-corrected chi connectivity index (χ0v) is 19.7. The van der Waals surface area contributed by atoms with E-state index in [2.05, 4.69) is 32.1 Å². The predicted molar refractivity (Wildman–Crippen MR) is 125 cm³/mol. The maximum Gasteiger partial charge on any atom is 0.422 e. The van der Waals surface area contributed by atoms with Gasteiger partial charge in [0.05, 0.1) is 35.7 Å². The average molecular weight is 450 g/mol. The molecule has 0 radical (unpaired) electrons. The first kappa shape index (κ1) is 22.8. The third-order valence-corrected chi connectivity index (χ3v) is 5.60. The molecule has 0 saturated carbocycles. The van der Waals surface area contributed by atoms with Gasteiger partial charge >= 0.3 is 6.09 Å². The normalized spacial score (nSPS) is 15.5. The van der Waals surface area contributed by atoms with Gasteiger partial charge in [-0.2, -0.15) is 5.26 Å². The lowest BCUT2D eigenvalue weighted by Gasteiger charge is -2.34. The van der Waals surface area contributed by atoms with Crippen LogP contribution in [-0.4, -0.2) is 61.9 Å². The summed E-state index contributed by atoms with van der Waals surface area (Å²) in [6.07, 6.45) is 5.57. The molecule has 1 amide bonds. The molecule has 0 atom stereocenters. The molecule has 9 nitrogen and oxygen atoms in total. The molecule has 33 heavy (non-hydrogen) atoms. The van der Waals surface area contributed by atoms with E-state index in [0.717, 1.165) is 49.3 Å². The molecule has 174 valence electrons. The van der Waals surface area contributed by atoms with Gasteiger partial charge in [-0.15, -0.1) is 0 Å². The number of carbonyl (C=O) groups excluding carboxylic acids is 1. The van der Waals surface area contributed by atoms with Crippen LogP contribution in [0.1, 0.15) is 37.6 Å². The second-order valence-electron chi connectivity index (χ2n) is 9.53. The third kappa shape index (κ3) is 5.72. The highest BCUT2D eigenvalue weighted by molar-refractivity contribution is 5.85. The number of hydrogen-bond acceptors (Lipinski definition) is 6. The standard InChI is InChI=1S/C24H31N7O2/c1-24(2,3)33-23(32)27-31-9-7-29(8-10-31)13-19-14-30(16-20-15-28(4)17-26-20)22-11-18(12-25)5-6-21(19)22/h5-6,11,14-15,17H,7-10,13,16H2,1-4H3,(H,27,32). The number of nitriles is 1. The van der Waals surface area contributed by atoms with Crippen LogP contribution in [-0.2, 0) is 24.9 Å². The molecule has 1 N–H and O–H groups in total. The van der Waals surface area contributed by atoms with E-state index in [-0.39, 0.29) is 0 Å². The number of hydrogen-bond donors (Lipinski definition) is 1. The van der Waals surface area contributed by atoms with Gasteiger partial charge in [-0.3, -0.25) is 10.3 Å². The lowest BCUT2D eigenvalue weighted by atomic mass is 10.1. The van der Waals surface area contributed by atoms with Crippen molar-refractivity contribution in [1.29, 1.82) is 5.26 Å². The Morgan fingerprint density at radius 3 is 2.58 bits per heavy atom. The Morgan fingerprint density at radius 2 is 1.94 bits per heavy atom. The summed E-state index contributed by atoms with van der Waals surface area (Å²) in [5.41, 5.74) is 6.21. The van der Waals surface area contributed by atoms with Crippen LogP contribution in [0.2, 0.25) is 0 Å². The van der Waals surface area contributed by atoms with Gasteiger partial charge in [0, 0.05) is 57.6 Å². The topological polar surface area (TPSA) is 91.3 Å². The van der Waals surface area contributed by atoms with Crippen LogP contribution in [0.15, 0.2) is 36.9 Å². The van der Waals surface area contributed by atoms with Crippen molar-refractivity contribution in [3.05, 3.63) is 53.7 Å². The molecule has 1 saturated heterocycles. The molecule has 1 aliphatic rings. The number of aromatic nitrogens is 3. The quantitative estimate of drug-likeness (QED) is 0.644. The Bertz CT molecular complexity index is 1170.